The lowest BCUT2D eigenvalue weighted by molar-refractivity contribution is 0.178. The molecule has 1 aliphatic rings. The summed E-state index contributed by atoms with van der Waals surface area (Å²) in [4.78, 5) is 10.8. The Hall–Kier alpha value is -0.950. The molecule has 0 aliphatic carbocycles. The lowest BCUT2D eigenvalue weighted by atomic mass is 10.4. The van der Waals surface area contributed by atoms with Gasteiger partial charge < -0.3 is 10.3 Å². The van der Waals surface area contributed by atoms with Gasteiger partial charge in [-0.1, -0.05) is 0 Å². The predicted octanol–water partition coefficient (Wildman–Crippen LogP) is 1.92. The van der Waals surface area contributed by atoms with Crippen LogP contribution in [-0.2, 0) is 0 Å². The molecule has 2 aromatic rings. The molecular formula is C11H14ClN5S. The molecule has 5 nitrogen and oxygen atoms in total. The molecule has 0 aromatic carbocycles. The Morgan fingerprint density at radius 1 is 1.28 bits per heavy atom. The molecule has 0 spiro atoms. The Kier molecular flexibility index (Phi) is 3.34. The molecule has 1 N–H and O–H groups in total. The summed E-state index contributed by atoms with van der Waals surface area (Å²) in [6, 6.07) is 1.96. The average Bonchev–Trinajstić information content (AvgIpc) is 2.80. The topological polar surface area (TPSA) is 44.3 Å². The van der Waals surface area contributed by atoms with E-state index in [-0.39, 0.29) is 5.28 Å². The van der Waals surface area contributed by atoms with E-state index in [1.54, 1.807) is 11.3 Å². The first kappa shape index (κ1) is 12.1. The summed E-state index contributed by atoms with van der Waals surface area (Å²) in [6.07, 6.45) is 0. The highest BCUT2D eigenvalue weighted by molar-refractivity contribution is 7.17. The predicted molar refractivity (Wildman–Crippen MR) is 75.1 cm³/mol. The van der Waals surface area contributed by atoms with Gasteiger partial charge in [-0.3, -0.25) is 0 Å². The van der Waals surface area contributed by atoms with Gasteiger partial charge in [0.05, 0.1) is 10.2 Å². The van der Waals surface area contributed by atoms with Crippen LogP contribution in [0.4, 0.5) is 5.82 Å². The van der Waals surface area contributed by atoms with Gasteiger partial charge in [0.1, 0.15) is 0 Å². The Morgan fingerprint density at radius 2 is 2.06 bits per heavy atom. The molecule has 1 saturated heterocycles. The highest BCUT2D eigenvalue weighted by Gasteiger charge is 2.16. The molecule has 0 radical (unpaired) electrons. The van der Waals surface area contributed by atoms with E-state index in [1.807, 2.05) is 11.4 Å². The van der Waals surface area contributed by atoms with E-state index >= 15 is 0 Å². The molecule has 96 valence electrons. The highest BCUT2D eigenvalue weighted by atomic mass is 35.5. The first-order valence-electron chi connectivity index (χ1n) is 5.83. The minimum Gasteiger partial charge on any atom is -0.304 e. The number of fused-ring (bicyclic) bond motifs is 1. The third-order valence-corrected chi connectivity index (χ3v) is 4.12. The maximum atomic E-state index is 5.94. The summed E-state index contributed by atoms with van der Waals surface area (Å²) in [5.41, 5.74) is 4.25. The van der Waals surface area contributed by atoms with Gasteiger partial charge in [0.2, 0.25) is 5.28 Å². The van der Waals surface area contributed by atoms with Crippen molar-refractivity contribution >= 4 is 39.0 Å². The fourth-order valence-electron chi connectivity index (χ4n) is 1.98. The molecule has 1 aliphatic heterocycles. The van der Waals surface area contributed by atoms with E-state index in [2.05, 4.69) is 32.4 Å². The van der Waals surface area contributed by atoms with Crippen LogP contribution in [0.1, 0.15) is 0 Å². The van der Waals surface area contributed by atoms with Crippen molar-refractivity contribution in [2.24, 2.45) is 0 Å². The van der Waals surface area contributed by atoms with Gasteiger partial charge in [0, 0.05) is 26.2 Å². The molecule has 3 rings (SSSR count). The molecular weight excluding hydrogens is 270 g/mol. The molecule has 0 atom stereocenters. The molecule has 3 heterocycles. The highest BCUT2D eigenvalue weighted by Crippen LogP contribution is 2.27. The standard InChI is InChI=1S/C11H14ClN5S/c1-16-3-5-17(6-4-16)15-10-9-8(2-7-18-9)13-11(12)14-10/h2,7H,3-6H2,1H3,(H,13,14,15). The fraction of sp³-hybridized carbons (Fsp3) is 0.455. The number of hydrogen-bond donors (Lipinski definition) is 1. The minimum absolute atomic E-state index is 0.289. The van der Waals surface area contributed by atoms with Crippen molar-refractivity contribution in [2.45, 2.75) is 0 Å². The van der Waals surface area contributed by atoms with E-state index in [0.717, 1.165) is 42.2 Å². The van der Waals surface area contributed by atoms with Crippen LogP contribution >= 0.6 is 22.9 Å². The molecule has 7 heteroatoms. The first-order chi connectivity index (χ1) is 8.72. The van der Waals surface area contributed by atoms with Crippen LogP contribution in [0.15, 0.2) is 11.4 Å². The van der Waals surface area contributed by atoms with Crippen LogP contribution in [0, 0.1) is 0 Å². The number of hydrogen-bond acceptors (Lipinski definition) is 6. The molecule has 0 bridgehead atoms. The first-order valence-corrected chi connectivity index (χ1v) is 7.09. The Morgan fingerprint density at radius 3 is 2.83 bits per heavy atom. The third-order valence-electron chi connectivity index (χ3n) is 3.04. The number of nitrogens with zero attached hydrogens (tertiary/aromatic N) is 4. The molecule has 0 saturated carbocycles. The van der Waals surface area contributed by atoms with Gasteiger partial charge in [-0.2, -0.15) is 4.98 Å². The largest absolute Gasteiger partial charge is 0.304 e. The maximum absolute atomic E-state index is 5.94. The summed E-state index contributed by atoms with van der Waals surface area (Å²) < 4.78 is 1.05. The molecule has 0 amide bonds. The number of halogens is 1. The van der Waals surface area contributed by atoms with E-state index in [9.17, 15) is 0 Å². The molecule has 2 aromatic heterocycles. The zero-order chi connectivity index (χ0) is 12.5. The summed E-state index contributed by atoms with van der Waals surface area (Å²) in [5, 5.41) is 4.47. The monoisotopic (exact) mass is 283 g/mol. The Bertz CT molecular complexity index is 549. The van der Waals surface area contributed by atoms with E-state index < -0.39 is 0 Å². The van der Waals surface area contributed by atoms with Gasteiger partial charge in [-0.15, -0.1) is 11.3 Å². The second-order valence-electron chi connectivity index (χ2n) is 4.38. The average molecular weight is 284 g/mol. The summed E-state index contributed by atoms with van der Waals surface area (Å²) in [5.74, 6) is 0.810. The maximum Gasteiger partial charge on any atom is 0.225 e. The third kappa shape index (κ3) is 2.42. The van der Waals surface area contributed by atoms with Crippen molar-refractivity contribution in [3.05, 3.63) is 16.7 Å². The van der Waals surface area contributed by atoms with Crippen LogP contribution in [-0.4, -0.2) is 53.1 Å². The zero-order valence-electron chi connectivity index (χ0n) is 10.1. The quantitative estimate of drug-likeness (QED) is 0.853. The van der Waals surface area contributed by atoms with Crippen molar-refractivity contribution in [3.8, 4) is 0 Å². The number of aromatic nitrogens is 2. The van der Waals surface area contributed by atoms with Crippen molar-refractivity contribution in [2.75, 3.05) is 38.7 Å². The van der Waals surface area contributed by atoms with Crippen LogP contribution in [0.2, 0.25) is 5.28 Å². The van der Waals surface area contributed by atoms with Crippen molar-refractivity contribution in [1.29, 1.82) is 0 Å². The Labute approximate surface area is 114 Å². The van der Waals surface area contributed by atoms with Crippen LogP contribution in [0.25, 0.3) is 10.2 Å². The summed E-state index contributed by atoms with van der Waals surface area (Å²) in [7, 11) is 2.14. The van der Waals surface area contributed by atoms with E-state index in [4.69, 9.17) is 11.6 Å². The van der Waals surface area contributed by atoms with Gasteiger partial charge in [-0.25, -0.2) is 9.99 Å². The molecule has 0 unspecified atom stereocenters. The lowest BCUT2D eigenvalue weighted by Gasteiger charge is -2.32. The summed E-state index contributed by atoms with van der Waals surface area (Å²) >= 11 is 7.57. The number of anilines is 1. The van der Waals surface area contributed by atoms with E-state index in [0.29, 0.717) is 0 Å². The second-order valence-corrected chi connectivity index (χ2v) is 5.63. The smallest absolute Gasteiger partial charge is 0.225 e. The van der Waals surface area contributed by atoms with Gasteiger partial charge in [0.25, 0.3) is 0 Å². The van der Waals surface area contributed by atoms with E-state index in [1.165, 1.54) is 0 Å². The van der Waals surface area contributed by atoms with Crippen LogP contribution < -0.4 is 5.43 Å². The van der Waals surface area contributed by atoms with Crippen LogP contribution in [0.5, 0.6) is 0 Å². The molecule has 18 heavy (non-hydrogen) atoms. The second kappa shape index (κ2) is 4.97. The number of piperazine rings is 1. The van der Waals surface area contributed by atoms with Gasteiger partial charge in [-0.05, 0) is 30.1 Å². The fourth-order valence-corrected chi connectivity index (χ4v) is 2.92. The molecule has 1 fully saturated rings. The normalized spacial score (nSPS) is 18.3. The number of nitrogens with one attached hydrogen (secondary N) is 1. The van der Waals surface area contributed by atoms with Crippen molar-refractivity contribution < 1.29 is 0 Å². The number of thiophene rings is 1. The number of likely N-dealkylation sites (N-methyl/N-ethyl adjacent to an activating group) is 1. The Balaban J connectivity index is 1.83. The number of rotatable bonds is 2. The lowest BCUT2D eigenvalue weighted by Crippen LogP contribution is -2.47. The van der Waals surface area contributed by atoms with Gasteiger partial charge in [0.15, 0.2) is 5.82 Å². The zero-order valence-corrected chi connectivity index (χ0v) is 11.6. The summed E-state index contributed by atoms with van der Waals surface area (Å²) in [6.45, 7) is 4.06. The number of hydrazine groups is 1. The van der Waals surface area contributed by atoms with Crippen molar-refractivity contribution in [1.82, 2.24) is 19.9 Å². The van der Waals surface area contributed by atoms with Gasteiger partial charge >= 0.3 is 0 Å². The SMILES string of the molecule is CN1CCN(Nc2nc(Cl)nc3ccsc23)CC1. The minimum atomic E-state index is 0.289. The van der Waals surface area contributed by atoms with Crippen molar-refractivity contribution in [3.63, 3.8) is 0 Å². The van der Waals surface area contributed by atoms with Crippen LogP contribution in [0.3, 0.4) is 0 Å².